The summed E-state index contributed by atoms with van der Waals surface area (Å²) in [6.45, 7) is 0. The Kier molecular flexibility index (Phi) is 3.37. The molecule has 1 rings (SSSR count). The first-order valence-electron chi connectivity index (χ1n) is 3.42. The molecule has 84 valence electrons. The number of hydrogen-bond donors (Lipinski definition) is 1. The molecular formula is C6H4Cl2F2N2O2S. The number of rotatable bonds is 2. The van der Waals surface area contributed by atoms with Crippen molar-refractivity contribution in [3.8, 4) is 0 Å². The second-order valence-electron chi connectivity index (χ2n) is 2.48. The van der Waals surface area contributed by atoms with E-state index in [1.165, 1.54) is 0 Å². The van der Waals surface area contributed by atoms with E-state index in [1.807, 2.05) is 0 Å². The van der Waals surface area contributed by atoms with Crippen LogP contribution in [0.1, 0.15) is 12.1 Å². The molecule has 0 saturated carbocycles. The van der Waals surface area contributed by atoms with Crippen LogP contribution < -0.4 is 5.73 Å². The van der Waals surface area contributed by atoms with Crippen molar-refractivity contribution in [3.63, 3.8) is 0 Å². The van der Waals surface area contributed by atoms with Gasteiger partial charge in [-0.1, -0.05) is 11.6 Å². The molecule has 0 radical (unpaired) electrons. The number of anilines is 1. The average molecular weight is 277 g/mol. The number of nitrogens with zero attached hydrogens (tertiary/aromatic N) is 1. The highest BCUT2D eigenvalue weighted by molar-refractivity contribution is 8.14. The molecule has 0 amide bonds. The summed E-state index contributed by atoms with van der Waals surface area (Å²) < 4.78 is 46.6. The molecule has 0 aliphatic heterocycles. The number of nitrogen functional groups attached to an aromatic ring is 1. The molecule has 0 saturated heterocycles. The minimum absolute atomic E-state index is 0.376. The van der Waals surface area contributed by atoms with Gasteiger partial charge in [-0.3, -0.25) is 4.98 Å². The van der Waals surface area contributed by atoms with Crippen LogP contribution in [0, 0.1) is 0 Å². The van der Waals surface area contributed by atoms with Crippen LogP contribution in [0.2, 0.25) is 5.02 Å². The smallest absolute Gasteiger partial charge is 0.281 e. The Morgan fingerprint density at radius 1 is 1.47 bits per heavy atom. The maximum Gasteiger partial charge on any atom is 0.281 e. The summed E-state index contributed by atoms with van der Waals surface area (Å²) in [7, 11) is 0.703. The van der Waals surface area contributed by atoms with Crippen molar-refractivity contribution >= 4 is 37.0 Å². The molecule has 1 aromatic rings. The topological polar surface area (TPSA) is 73.0 Å². The number of alkyl halides is 2. The lowest BCUT2D eigenvalue weighted by molar-refractivity contribution is 0.146. The van der Waals surface area contributed by atoms with Crippen LogP contribution in [0.15, 0.2) is 11.1 Å². The van der Waals surface area contributed by atoms with Crippen molar-refractivity contribution in [2.24, 2.45) is 0 Å². The van der Waals surface area contributed by atoms with Gasteiger partial charge in [0, 0.05) is 10.7 Å². The standard InChI is InChI=1S/C6H4Cl2F2N2O2S/c7-3-4(6(9)10)12-1-2(11)5(3)15(8,13)14/h1,6H,11H2. The van der Waals surface area contributed by atoms with Gasteiger partial charge in [0.1, 0.15) is 10.6 Å². The molecule has 1 heterocycles. The largest absolute Gasteiger partial charge is 0.396 e. The van der Waals surface area contributed by atoms with Gasteiger partial charge in [0.05, 0.1) is 16.9 Å². The van der Waals surface area contributed by atoms with Gasteiger partial charge in [-0.25, -0.2) is 17.2 Å². The lowest BCUT2D eigenvalue weighted by Gasteiger charge is -2.07. The van der Waals surface area contributed by atoms with E-state index in [9.17, 15) is 17.2 Å². The quantitative estimate of drug-likeness (QED) is 0.841. The monoisotopic (exact) mass is 276 g/mol. The summed E-state index contributed by atoms with van der Waals surface area (Å²) in [6.07, 6.45) is -2.24. The van der Waals surface area contributed by atoms with Crippen molar-refractivity contribution in [2.45, 2.75) is 11.3 Å². The van der Waals surface area contributed by atoms with Crippen LogP contribution in [0.5, 0.6) is 0 Å². The fourth-order valence-corrected chi connectivity index (χ4v) is 2.71. The summed E-state index contributed by atoms with van der Waals surface area (Å²) in [6, 6.07) is 0. The van der Waals surface area contributed by atoms with Crippen LogP contribution in [0.25, 0.3) is 0 Å². The van der Waals surface area contributed by atoms with E-state index in [0.29, 0.717) is 0 Å². The SMILES string of the molecule is Nc1cnc(C(F)F)c(Cl)c1S(=O)(=O)Cl. The zero-order chi connectivity index (χ0) is 11.8. The van der Waals surface area contributed by atoms with Crippen molar-refractivity contribution in [1.82, 2.24) is 4.98 Å². The van der Waals surface area contributed by atoms with Gasteiger partial charge in [0.15, 0.2) is 0 Å². The van der Waals surface area contributed by atoms with E-state index in [2.05, 4.69) is 4.98 Å². The van der Waals surface area contributed by atoms with Gasteiger partial charge in [0.25, 0.3) is 15.5 Å². The Morgan fingerprint density at radius 2 is 2.00 bits per heavy atom. The van der Waals surface area contributed by atoms with Crippen molar-refractivity contribution in [1.29, 1.82) is 0 Å². The molecular weight excluding hydrogens is 273 g/mol. The molecule has 9 heteroatoms. The Morgan fingerprint density at radius 3 is 2.40 bits per heavy atom. The third-order valence-corrected chi connectivity index (χ3v) is 3.36. The normalized spacial score (nSPS) is 12.1. The van der Waals surface area contributed by atoms with Crippen LogP contribution in [-0.4, -0.2) is 13.4 Å². The Bertz CT molecular complexity index is 492. The highest BCUT2D eigenvalue weighted by Gasteiger charge is 2.25. The Balaban J connectivity index is 3.59. The van der Waals surface area contributed by atoms with Gasteiger partial charge < -0.3 is 5.73 Å². The maximum atomic E-state index is 12.3. The average Bonchev–Trinajstić information content (AvgIpc) is 2.00. The molecule has 0 unspecified atom stereocenters. The molecule has 0 fully saturated rings. The third kappa shape index (κ3) is 2.47. The molecule has 0 spiro atoms. The summed E-state index contributed by atoms with van der Waals surface area (Å²) in [4.78, 5) is 2.48. The zero-order valence-electron chi connectivity index (χ0n) is 6.92. The van der Waals surface area contributed by atoms with E-state index in [0.717, 1.165) is 6.20 Å². The molecule has 2 N–H and O–H groups in total. The number of pyridine rings is 1. The fraction of sp³-hybridized carbons (Fsp3) is 0.167. The second kappa shape index (κ2) is 4.07. The van der Waals surface area contributed by atoms with Crippen LogP contribution in [0.4, 0.5) is 14.5 Å². The highest BCUT2D eigenvalue weighted by atomic mass is 35.7. The van der Waals surface area contributed by atoms with Gasteiger partial charge in [-0.15, -0.1) is 0 Å². The maximum absolute atomic E-state index is 12.3. The van der Waals surface area contributed by atoms with E-state index in [-0.39, 0.29) is 5.69 Å². The molecule has 1 aromatic heterocycles. The molecule has 0 aromatic carbocycles. The fourth-order valence-electron chi connectivity index (χ4n) is 0.897. The van der Waals surface area contributed by atoms with Crippen molar-refractivity contribution < 1.29 is 17.2 Å². The van der Waals surface area contributed by atoms with Gasteiger partial charge in [0.2, 0.25) is 0 Å². The molecule has 4 nitrogen and oxygen atoms in total. The predicted molar refractivity (Wildman–Crippen MR) is 51.7 cm³/mol. The summed E-state index contributed by atoms with van der Waals surface area (Å²) in [5, 5.41) is -0.750. The Labute approximate surface area is 93.4 Å². The number of aromatic nitrogens is 1. The van der Waals surface area contributed by atoms with Crippen LogP contribution in [-0.2, 0) is 9.05 Å². The van der Waals surface area contributed by atoms with Gasteiger partial charge in [-0.05, 0) is 0 Å². The van der Waals surface area contributed by atoms with Crippen molar-refractivity contribution in [2.75, 3.05) is 5.73 Å². The third-order valence-electron chi connectivity index (χ3n) is 1.48. The number of halogens is 4. The van der Waals surface area contributed by atoms with Gasteiger partial charge in [-0.2, -0.15) is 0 Å². The molecule has 0 bridgehead atoms. The van der Waals surface area contributed by atoms with E-state index >= 15 is 0 Å². The van der Waals surface area contributed by atoms with E-state index in [4.69, 9.17) is 28.0 Å². The lowest BCUT2D eigenvalue weighted by atomic mass is 10.3. The van der Waals surface area contributed by atoms with Gasteiger partial charge >= 0.3 is 0 Å². The predicted octanol–water partition coefficient (Wildman–Crippen LogP) is 2.18. The Hall–Kier alpha value is -0.660. The van der Waals surface area contributed by atoms with Crippen LogP contribution in [0.3, 0.4) is 0 Å². The van der Waals surface area contributed by atoms with E-state index < -0.39 is 31.1 Å². The first-order chi connectivity index (χ1) is 6.75. The highest BCUT2D eigenvalue weighted by Crippen LogP contribution is 2.35. The molecule has 0 atom stereocenters. The summed E-state index contributed by atoms with van der Waals surface area (Å²) >= 11 is 5.41. The van der Waals surface area contributed by atoms with E-state index in [1.54, 1.807) is 0 Å². The summed E-state index contributed by atoms with van der Waals surface area (Å²) in [5.41, 5.74) is 3.98. The first kappa shape index (κ1) is 12.4. The number of hydrogen-bond acceptors (Lipinski definition) is 4. The first-order valence-corrected chi connectivity index (χ1v) is 6.10. The molecule has 0 aliphatic carbocycles. The lowest BCUT2D eigenvalue weighted by Crippen LogP contribution is -2.04. The second-order valence-corrected chi connectivity index (χ2v) is 5.36. The van der Waals surface area contributed by atoms with Crippen molar-refractivity contribution in [3.05, 3.63) is 16.9 Å². The minimum Gasteiger partial charge on any atom is -0.396 e. The number of nitrogens with two attached hydrogens (primary N) is 1. The molecule has 15 heavy (non-hydrogen) atoms. The van der Waals surface area contributed by atoms with Crippen LogP contribution >= 0.6 is 22.3 Å². The summed E-state index contributed by atoms with van der Waals surface area (Å²) in [5.74, 6) is 0. The molecule has 0 aliphatic rings. The zero-order valence-corrected chi connectivity index (χ0v) is 9.24. The minimum atomic E-state index is -4.28.